The molecule has 15 rings (SSSR count). The third-order valence-electron chi connectivity index (χ3n) is 28.4. The predicted molar refractivity (Wildman–Crippen MR) is 575 cm³/mol. The van der Waals surface area contributed by atoms with E-state index >= 15 is 0 Å². The summed E-state index contributed by atoms with van der Waals surface area (Å²) < 4.78 is 22.6. The number of rotatable bonds is 32. The van der Waals surface area contributed by atoms with Crippen LogP contribution in [0.15, 0.2) is 156 Å². The van der Waals surface area contributed by atoms with Crippen molar-refractivity contribution in [2.24, 2.45) is 29.1 Å². The van der Waals surface area contributed by atoms with E-state index in [1.165, 1.54) is 16.2 Å². The molecule has 4 aliphatic rings. The Morgan fingerprint density at radius 3 is 1.14 bits per heavy atom. The lowest BCUT2D eigenvalue weighted by molar-refractivity contribution is -0.141. The Labute approximate surface area is 883 Å². The van der Waals surface area contributed by atoms with Crippen LogP contribution >= 0.6 is 45.6 Å². The van der Waals surface area contributed by atoms with Crippen LogP contribution in [0.25, 0.3) is 31.3 Å². The summed E-state index contributed by atoms with van der Waals surface area (Å²) in [4.78, 5) is 144. The number of benzene rings is 4. The molecule has 0 radical (unpaired) electrons. The Morgan fingerprint density at radius 2 is 0.769 bits per heavy atom. The van der Waals surface area contributed by atoms with E-state index in [4.69, 9.17) is 29.7 Å². The molecule has 31 heteroatoms. The second-order valence-electron chi connectivity index (χ2n) is 46.4. The van der Waals surface area contributed by atoms with E-state index < -0.39 is 59.4 Å². The average molecular weight is 2090 g/mol. The molecule has 0 spiro atoms. The average Bonchev–Trinajstić information content (AvgIpc) is 1.07. The molecule has 4 amide bonds. The number of ketones is 5. The van der Waals surface area contributed by atoms with E-state index in [9.17, 15) is 58.5 Å². The number of β-amino-alcohol motifs (C(OH)–C–C–N with tert-alkyl or cyclic N) is 2. The molecule has 4 saturated heterocycles. The normalized spacial score (nSPS) is 18.8. The molecule has 0 aliphatic carbocycles. The van der Waals surface area contributed by atoms with E-state index in [0.29, 0.717) is 78.3 Å². The molecule has 790 valence electrons. The number of Topliss-reactive ketones (excluding diaryl/α,β-unsaturated/α-hetero) is 5. The van der Waals surface area contributed by atoms with Gasteiger partial charge in [0.05, 0.1) is 121 Å². The fourth-order valence-electron chi connectivity index (χ4n) is 19.6. The molecule has 147 heavy (non-hydrogen) atoms. The van der Waals surface area contributed by atoms with Gasteiger partial charge in [-0.05, 0) is 126 Å². The number of aryl methyl sites for hydroxylation is 5. The molecule has 4 aromatic carbocycles. The molecule has 11 aromatic rings. The Morgan fingerprint density at radius 1 is 0.429 bits per heavy atom. The van der Waals surface area contributed by atoms with E-state index in [1.807, 2.05) is 271 Å². The van der Waals surface area contributed by atoms with Crippen LogP contribution in [-0.4, -0.2) is 186 Å². The van der Waals surface area contributed by atoms with Crippen LogP contribution in [0.2, 0.25) is 5.02 Å². The minimum atomic E-state index is -0.745. The summed E-state index contributed by atoms with van der Waals surface area (Å²) in [7, 11) is 0. The molecule has 0 saturated carbocycles. The highest BCUT2D eigenvalue weighted by molar-refractivity contribution is 7.14. The number of aromatic nitrogens is 7. The SMILES string of the molecule is CC(CC(=O)C1CC(O)CN1C(=O)C(c1cc(C(C)(C)C)no1)C(C)C)c1ccc(-c2scnc2CO)cc1.CCC1CC(C(=O)CCc2ccc(Cl)cc2)N(C(=O)C(c2cc(C(C)(C)C)no2)C(C)C)C1.Cc1ncsc1-c1ccc(CCC(=O)C2CC(=O)CN2C(=O)C(c2cc(C(C)(C)C)no2)C(C)C)cc1.Cc1ncsc1-c1ccc(CCC(=O)C2CC(O)CN2C(=O)C(c2cc(C(C)(C)C)no2)C(C)(C)C)cc1. The summed E-state index contributed by atoms with van der Waals surface area (Å²) in [5.41, 5.74) is 17.3. The maximum atomic E-state index is 13.9. The maximum Gasteiger partial charge on any atom is 0.234 e. The highest BCUT2D eigenvalue weighted by atomic mass is 35.5. The zero-order valence-corrected chi connectivity index (χ0v) is 93.3. The van der Waals surface area contributed by atoms with E-state index in [-0.39, 0.29) is 162 Å². The Balaban J connectivity index is 0.000000174. The van der Waals surface area contributed by atoms with Gasteiger partial charge in [-0.1, -0.05) is 283 Å². The highest BCUT2D eigenvalue weighted by Gasteiger charge is 2.50. The van der Waals surface area contributed by atoms with Crippen molar-refractivity contribution >= 4 is 98.2 Å². The number of nitrogens with zero attached hydrogens (tertiary/aromatic N) is 11. The van der Waals surface area contributed by atoms with E-state index in [2.05, 4.69) is 75.4 Å². The van der Waals surface area contributed by atoms with Crippen LogP contribution in [0, 0.1) is 42.9 Å². The molecule has 7 aromatic heterocycles. The molecule has 27 nitrogen and oxygen atoms in total. The van der Waals surface area contributed by atoms with Crippen LogP contribution < -0.4 is 0 Å². The summed E-state index contributed by atoms with van der Waals surface area (Å²) in [6.07, 6.45) is 3.80. The van der Waals surface area contributed by atoms with E-state index in [1.54, 1.807) is 38.0 Å². The standard InChI is InChI=1S/C30H39N3O5S.C30H39N3O4S.C29H35N3O4S.C27H37ClN2O3/c1-17(2)27(25-13-26(32-38-25)30(4,5)6)29(37)33-14-21(35)12-23(33)24(36)11-18(3)19-7-9-20(10-8-19)28-22(15-34)31-16-39-28;1-18-27(38-17-31-18)20-11-8-19(9-12-20)10-13-23(35)22-14-21(34)16-33(22)28(36)26(30(5,6)7)24-15-25(32-37-24)29(2,3)4;1-17(2)26(24-14-25(31-36-24)29(4,5)6)28(35)32-15-21(33)13-22(32)23(34)12-9-19-7-10-20(11-8-19)27-18(3)30-16-37-27;1-7-18-14-21(22(31)13-10-19-8-11-20(28)12-9-19)30(16-18)26(32)25(17(2)3)23-15-24(29-33-23)27(4,5)6/h7-10,13,16-18,21,23,27,34-35H,11-12,14-15H2,1-6H3;8-9,11-12,15,17,21-22,26,34H,10,13-14,16H2,1-7H3;7-8,10-11,14,16-17,22,26H,9,12-13,15H2,1-6H3;8-9,11-12,15,17-18,21,25H,7,10,13-14,16H2,1-6H3. The van der Waals surface area contributed by atoms with Gasteiger partial charge in [-0.25, -0.2) is 15.0 Å². The van der Waals surface area contributed by atoms with Gasteiger partial charge in [0.1, 0.15) is 46.7 Å². The first-order valence-corrected chi connectivity index (χ1v) is 54.6. The number of halogens is 1. The first-order chi connectivity index (χ1) is 69.1. The first kappa shape index (κ1) is 115. The number of thiazole rings is 3. The number of aliphatic hydroxyl groups excluding tert-OH is 3. The minimum Gasteiger partial charge on any atom is -0.391 e. The molecule has 12 atom stereocenters. The van der Waals surface area contributed by atoms with Gasteiger partial charge in [-0.15, -0.1) is 34.0 Å². The van der Waals surface area contributed by atoms with Crippen molar-refractivity contribution in [1.29, 1.82) is 0 Å². The van der Waals surface area contributed by atoms with Gasteiger partial charge in [0.15, 0.2) is 28.9 Å². The second kappa shape index (κ2) is 48.8. The van der Waals surface area contributed by atoms with Crippen LogP contribution in [0.5, 0.6) is 0 Å². The van der Waals surface area contributed by atoms with Crippen LogP contribution in [0.3, 0.4) is 0 Å². The Kier molecular flexibility index (Phi) is 38.0. The van der Waals surface area contributed by atoms with Crippen LogP contribution in [0.4, 0.5) is 0 Å². The number of likely N-dealkylation sites (tertiary alicyclic amines) is 4. The monoisotopic (exact) mass is 2080 g/mol. The van der Waals surface area contributed by atoms with Gasteiger partial charge in [-0.2, -0.15) is 0 Å². The van der Waals surface area contributed by atoms with Gasteiger partial charge in [0.2, 0.25) is 23.6 Å². The van der Waals surface area contributed by atoms with Gasteiger partial charge >= 0.3 is 0 Å². The summed E-state index contributed by atoms with van der Waals surface area (Å²) >= 11 is 10.7. The van der Waals surface area contributed by atoms with Crippen molar-refractivity contribution in [1.82, 2.24) is 55.2 Å². The molecular formula is C116H150ClN11O16S3. The first-order valence-electron chi connectivity index (χ1n) is 51.6. The van der Waals surface area contributed by atoms with Crippen molar-refractivity contribution in [3.05, 3.63) is 228 Å². The quantitative estimate of drug-likeness (QED) is 0.0352. The molecule has 4 fully saturated rings. The largest absolute Gasteiger partial charge is 0.391 e. The van der Waals surface area contributed by atoms with Gasteiger partial charge in [-0.3, -0.25) is 43.2 Å². The van der Waals surface area contributed by atoms with Crippen molar-refractivity contribution in [2.75, 3.05) is 26.2 Å². The third-order valence-corrected chi connectivity index (χ3v) is 31.6. The number of hydrogen-bond acceptors (Lipinski definition) is 26. The molecule has 4 aliphatic heterocycles. The summed E-state index contributed by atoms with van der Waals surface area (Å²) in [5, 5.41) is 48.0. The smallest absolute Gasteiger partial charge is 0.234 e. The molecule has 12 unspecified atom stereocenters. The molecule has 3 N–H and O–H groups in total. The van der Waals surface area contributed by atoms with Crippen molar-refractivity contribution in [2.45, 2.75) is 344 Å². The van der Waals surface area contributed by atoms with Gasteiger partial charge in [0, 0.05) is 116 Å². The molecule has 0 bridgehead atoms. The molecule has 11 heterocycles. The maximum absolute atomic E-state index is 13.9. The minimum absolute atomic E-state index is 0.0256. The van der Waals surface area contributed by atoms with Gasteiger partial charge in [0.25, 0.3) is 0 Å². The predicted octanol–water partition coefficient (Wildman–Crippen LogP) is 22.5. The fraction of sp³-hybridized carbons (Fsp3) is 0.534. The zero-order chi connectivity index (χ0) is 108. The lowest BCUT2D eigenvalue weighted by Gasteiger charge is -2.33. The number of aliphatic hydroxyl groups is 3. The van der Waals surface area contributed by atoms with Crippen molar-refractivity contribution in [3.8, 4) is 31.3 Å². The number of carbonyl (C=O) groups excluding carboxylic acids is 9. The Bertz CT molecular complexity index is 6330. The highest BCUT2D eigenvalue weighted by Crippen LogP contribution is 2.44. The van der Waals surface area contributed by atoms with E-state index in [0.717, 1.165) is 101 Å². The fourth-order valence-corrected chi connectivity index (χ4v) is 22.1. The number of hydrogen-bond donors (Lipinski definition) is 3. The number of carbonyl (C=O) groups is 9. The Hall–Kier alpha value is -11.0. The van der Waals surface area contributed by atoms with Crippen LogP contribution in [0.1, 0.15) is 332 Å². The van der Waals surface area contributed by atoms with Gasteiger partial charge < -0.3 is 53.0 Å². The second-order valence-corrected chi connectivity index (χ2v) is 49.4. The third kappa shape index (κ3) is 28.8. The zero-order valence-electron chi connectivity index (χ0n) is 90.1. The number of amides is 4. The summed E-state index contributed by atoms with van der Waals surface area (Å²) in [5.74, 6) is -0.875. The summed E-state index contributed by atoms with van der Waals surface area (Å²) in [6, 6.07) is 36.9. The topological polar surface area (TPSA) is 370 Å². The molecular weight excluding hydrogens is 1930 g/mol. The van der Waals surface area contributed by atoms with Crippen molar-refractivity contribution < 1.29 is 76.6 Å². The van der Waals surface area contributed by atoms with Crippen LogP contribution in [-0.2, 0) is 90.7 Å². The lowest BCUT2D eigenvalue weighted by atomic mass is 9.77. The lowest BCUT2D eigenvalue weighted by Crippen LogP contribution is -2.45. The summed E-state index contributed by atoms with van der Waals surface area (Å²) in [6.45, 7) is 51.2. The van der Waals surface area contributed by atoms with Crippen molar-refractivity contribution in [3.63, 3.8) is 0 Å².